The first-order chi connectivity index (χ1) is 9.63. The van der Waals surface area contributed by atoms with E-state index in [9.17, 15) is 4.79 Å². The second-order valence-electron chi connectivity index (χ2n) is 4.24. The Bertz CT molecular complexity index is 776. The molecule has 3 aromatic rings. The molecule has 102 valence electrons. The van der Waals surface area contributed by atoms with Crippen LogP contribution in [-0.4, -0.2) is 30.7 Å². The Balaban J connectivity index is 1.77. The quantitative estimate of drug-likeness (QED) is 0.659. The zero-order chi connectivity index (χ0) is 14.1. The summed E-state index contributed by atoms with van der Waals surface area (Å²) in [6, 6.07) is 3.46. The van der Waals surface area contributed by atoms with Gasteiger partial charge in [-0.3, -0.25) is 0 Å². The number of hydrogen-bond acceptors (Lipinski definition) is 7. The maximum atomic E-state index is 11.9. The third-order valence-electron chi connectivity index (χ3n) is 2.63. The summed E-state index contributed by atoms with van der Waals surface area (Å²) in [6.07, 6.45) is 1.60. The maximum absolute atomic E-state index is 11.9. The Morgan fingerprint density at radius 2 is 2.30 bits per heavy atom. The van der Waals surface area contributed by atoms with Crippen LogP contribution in [0.25, 0.3) is 5.78 Å². The van der Waals surface area contributed by atoms with Crippen molar-refractivity contribution in [2.75, 3.05) is 0 Å². The van der Waals surface area contributed by atoms with Crippen LogP contribution in [0.15, 0.2) is 22.9 Å². The molecule has 0 aliphatic rings. The largest absolute Gasteiger partial charge is 0.451 e. The first-order valence-corrected chi connectivity index (χ1v) is 5.91. The highest BCUT2D eigenvalue weighted by Crippen LogP contribution is 2.07. The number of aryl methyl sites for hydroxylation is 2. The summed E-state index contributed by atoms with van der Waals surface area (Å²) in [7, 11) is 0. The lowest BCUT2D eigenvalue weighted by atomic mass is 10.4. The number of esters is 1. The average molecular weight is 273 g/mol. The Hall–Kier alpha value is -2.77. The highest BCUT2D eigenvalue weighted by atomic mass is 16.5. The number of aromatic nitrogens is 5. The van der Waals surface area contributed by atoms with Gasteiger partial charge in [0.25, 0.3) is 11.6 Å². The highest BCUT2D eigenvalue weighted by Gasteiger charge is 2.16. The van der Waals surface area contributed by atoms with Crippen LogP contribution in [0.1, 0.15) is 27.8 Å². The number of carbonyl (C=O) groups excluding carboxylic acids is 1. The monoisotopic (exact) mass is 273 g/mol. The zero-order valence-corrected chi connectivity index (χ0v) is 10.9. The van der Waals surface area contributed by atoms with Gasteiger partial charge in [-0.2, -0.15) is 4.98 Å². The second kappa shape index (κ2) is 4.72. The molecule has 0 aliphatic carbocycles. The van der Waals surface area contributed by atoms with Crippen molar-refractivity contribution in [3.8, 4) is 0 Å². The van der Waals surface area contributed by atoms with E-state index in [1.807, 2.05) is 6.92 Å². The minimum absolute atomic E-state index is 0.0123. The minimum atomic E-state index is -0.635. The molecule has 3 rings (SSSR count). The summed E-state index contributed by atoms with van der Waals surface area (Å²) in [4.78, 5) is 19.9. The molecule has 0 radical (unpaired) electrons. The zero-order valence-electron chi connectivity index (χ0n) is 10.9. The predicted octanol–water partition coefficient (Wildman–Crippen LogP) is 1.09. The van der Waals surface area contributed by atoms with E-state index >= 15 is 0 Å². The number of carbonyl (C=O) groups is 1. The Morgan fingerprint density at radius 3 is 3.00 bits per heavy atom. The van der Waals surface area contributed by atoms with E-state index < -0.39 is 5.97 Å². The number of fused-ring (bicyclic) bond motifs is 1. The predicted molar refractivity (Wildman–Crippen MR) is 65.9 cm³/mol. The maximum Gasteiger partial charge on any atom is 0.378 e. The molecule has 0 bridgehead atoms. The van der Waals surface area contributed by atoms with E-state index in [1.54, 1.807) is 25.3 Å². The second-order valence-corrected chi connectivity index (χ2v) is 4.24. The lowest BCUT2D eigenvalue weighted by molar-refractivity contribution is 0.0423. The van der Waals surface area contributed by atoms with Gasteiger partial charge in [0.1, 0.15) is 0 Å². The fourth-order valence-electron chi connectivity index (χ4n) is 1.68. The molecule has 8 nitrogen and oxygen atoms in total. The molecule has 0 saturated heterocycles. The van der Waals surface area contributed by atoms with Crippen LogP contribution >= 0.6 is 0 Å². The van der Waals surface area contributed by atoms with Crippen molar-refractivity contribution < 1.29 is 14.1 Å². The summed E-state index contributed by atoms with van der Waals surface area (Å²) in [5.41, 5.74) is 1.55. The van der Waals surface area contributed by atoms with Crippen molar-refractivity contribution >= 4 is 11.7 Å². The van der Waals surface area contributed by atoms with Crippen LogP contribution in [0.5, 0.6) is 0 Å². The fraction of sp³-hybridized carbons (Fsp3) is 0.250. The molecule has 8 heteroatoms. The summed E-state index contributed by atoms with van der Waals surface area (Å²) < 4.78 is 11.5. The van der Waals surface area contributed by atoms with Gasteiger partial charge < -0.3 is 9.26 Å². The van der Waals surface area contributed by atoms with Crippen molar-refractivity contribution in [1.82, 2.24) is 24.7 Å². The molecule has 0 unspecified atom stereocenters. The van der Waals surface area contributed by atoms with E-state index in [0.29, 0.717) is 11.5 Å². The van der Waals surface area contributed by atoms with E-state index in [-0.39, 0.29) is 12.4 Å². The molecular weight excluding hydrogens is 262 g/mol. The molecule has 0 N–H and O–H groups in total. The molecule has 20 heavy (non-hydrogen) atoms. The average Bonchev–Trinajstić information content (AvgIpc) is 3.03. The Morgan fingerprint density at radius 1 is 1.45 bits per heavy atom. The molecule has 0 aromatic carbocycles. The Labute approximate surface area is 113 Å². The number of ether oxygens (including phenoxy) is 1. The van der Waals surface area contributed by atoms with E-state index in [0.717, 1.165) is 11.4 Å². The van der Waals surface area contributed by atoms with E-state index in [2.05, 4.69) is 20.2 Å². The number of rotatable bonds is 3. The highest BCUT2D eigenvalue weighted by molar-refractivity contribution is 5.85. The molecule has 0 amide bonds. The Kier molecular flexibility index (Phi) is 2.90. The first-order valence-electron chi connectivity index (χ1n) is 5.91. The van der Waals surface area contributed by atoms with Gasteiger partial charge in [-0.1, -0.05) is 5.16 Å². The van der Waals surface area contributed by atoms with Crippen LogP contribution in [-0.2, 0) is 11.3 Å². The van der Waals surface area contributed by atoms with Gasteiger partial charge in [0.2, 0.25) is 0 Å². The molecule has 0 saturated carbocycles. The summed E-state index contributed by atoms with van der Waals surface area (Å²) in [5, 5.41) is 7.75. The molecule has 0 fully saturated rings. The van der Waals surface area contributed by atoms with Gasteiger partial charge in [-0.15, -0.1) is 5.10 Å². The third kappa shape index (κ3) is 2.22. The molecule has 0 aliphatic heterocycles. The summed E-state index contributed by atoms with van der Waals surface area (Å²) in [5.74, 6) is 0.147. The van der Waals surface area contributed by atoms with Gasteiger partial charge in [0.05, 0.1) is 5.69 Å². The van der Waals surface area contributed by atoms with Gasteiger partial charge in [-0.25, -0.2) is 14.3 Å². The van der Waals surface area contributed by atoms with E-state index in [4.69, 9.17) is 9.26 Å². The molecule has 3 aromatic heterocycles. The van der Waals surface area contributed by atoms with Crippen molar-refractivity contribution in [2.24, 2.45) is 0 Å². The molecule has 0 spiro atoms. The smallest absolute Gasteiger partial charge is 0.378 e. The summed E-state index contributed by atoms with van der Waals surface area (Å²) in [6.45, 7) is 3.62. The van der Waals surface area contributed by atoms with Gasteiger partial charge in [0, 0.05) is 18.0 Å². The molecule has 0 atom stereocenters. The van der Waals surface area contributed by atoms with Crippen molar-refractivity contribution in [1.29, 1.82) is 0 Å². The topological polar surface area (TPSA) is 95.4 Å². The van der Waals surface area contributed by atoms with E-state index in [1.165, 1.54) is 4.52 Å². The van der Waals surface area contributed by atoms with Crippen molar-refractivity contribution in [2.45, 2.75) is 20.5 Å². The number of hydrogen-bond donors (Lipinski definition) is 0. The normalized spacial score (nSPS) is 10.9. The minimum Gasteiger partial charge on any atom is -0.451 e. The lowest BCUT2D eigenvalue weighted by Crippen LogP contribution is -2.07. The van der Waals surface area contributed by atoms with Crippen LogP contribution in [0.3, 0.4) is 0 Å². The number of nitrogens with zero attached hydrogens (tertiary/aromatic N) is 5. The van der Waals surface area contributed by atoms with Crippen LogP contribution < -0.4 is 0 Å². The SMILES string of the molecule is Cc1cc(COC(=O)c2nc3nccc(C)n3n2)on1. The van der Waals surface area contributed by atoms with Crippen molar-refractivity contribution in [3.63, 3.8) is 0 Å². The van der Waals surface area contributed by atoms with Crippen LogP contribution in [0, 0.1) is 13.8 Å². The lowest BCUT2D eigenvalue weighted by Gasteiger charge is -1.97. The van der Waals surface area contributed by atoms with Crippen LogP contribution in [0.4, 0.5) is 0 Å². The first kappa shape index (κ1) is 12.3. The van der Waals surface area contributed by atoms with Crippen molar-refractivity contribution in [3.05, 3.63) is 41.3 Å². The van der Waals surface area contributed by atoms with Gasteiger partial charge in [-0.05, 0) is 19.9 Å². The van der Waals surface area contributed by atoms with Gasteiger partial charge >= 0.3 is 5.97 Å². The fourth-order valence-corrected chi connectivity index (χ4v) is 1.68. The third-order valence-corrected chi connectivity index (χ3v) is 2.63. The molecule has 3 heterocycles. The van der Waals surface area contributed by atoms with Crippen LogP contribution in [0.2, 0.25) is 0 Å². The summed E-state index contributed by atoms with van der Waals surface area (Å²) >= 11 is 0. The van der Waals surface area contributed by atoms with Gasteiger partial charge in [0.15, 0.2) is 12.4 Å². The standard InChI is InChI=1S/C12H11N5O3/c1-7-5-9(20-16-7)6-19-11(18)10-14-12-13-4-3-8(2)17(12)15-10/h3-5H,6H2,1-2H3. The molecular formula is C12H11N5O3.